The van der Waals surface area contributed by atoms with E-state index in [2.05, 4.69) is 15.0 Å². The summed E-state index contributed by atoms with van der Waals surface area (Å²) in [5.74, 6) is -0.332. The SMILES string of the molecule is COC(=O)[C@@H](C)N(C)CC(=O)NC1CCN(C2CC2)CC1. The van der Waals surface area contributed by atoms with E-state index in [9.17, 15) is 9.59 Å². The molecule has 0 aromatic carbocycles. The van der Waals surface area contributed by atoms with Crippen molar-refractivity contribution in [2.45, 2.75) is 50.7 Å². The van der Waals surface area contributed by atoms with Crippen molar-refractivity contribution in [3.63, 3.8) is 0 Å². The molecule has 120 valence electrons. The first-order chi connectivity index (χ1) is 10.0. The van der Waals surface area contributed by atoms with Crippen LogP contribution in [0.3, 0.4) is 0 Å². The largest absolute Gasteiger partial charge is 0.468 e. The molecule has 1 aliphatic heterocycles. The lowest BCUT2D eigenvalue weighted by molar-refractivity contribution is -0.146. The van der Waals surface area contributed by atoms with E-state index in [0.29, 0.717) is 0 Å². The third-order valence-electron chi connectivity index (χ3n) is 4.55. The monoisotopic (exact) mass is 297 g/mol. The van der Waals surface area contributed by atoms with Gasteiger partial charge in [0.2, 0.25) is 5.91 Å². The minimum atomic E-state index is -0.405. The molecular weight excluding hydrogens is 270 g/mol. The van der Waals surface area contributed by atoms with Crippen molar-refractivity contribution < 1.29 is 14.3 Å². The number of rotatable bonds is 6. The smallest absolute Gasteiger partial charge is 0.322 e. The molecule has 6 heteroatoms. The molecule has 2 fully saturated rings. The second-order valence-electron chi connectivity index (χ2n) is 6.22. The van der Waals surface area contributed by atoms with E-state index in [1.54, 1.807) is 18.9 Å². The van der Waals surface area contributed by atoms with Gasteiger partial charge in [-0.05, 0) is 39.7 Å². The number of hydrogen-bond acceptors (Lipinski definition) is 5. The predicted molar refractivity (Wildman–Crippen MR) is 79.9 cm³/mol. The van der Waals surface area contributed by atoms with Crippen LogP contribution in [0.25, 0.3) is 0 Å². The highest BCUT2D eigenvalue weighted by Crippen LogP contribution is 2.29. The molecule has 0 aromatic heterocycles. The molecule has 0 bridgehead atoms. The van der Waals surface area contributed by atoms with Crippen LogP contribution >= 0.6 is 0 Å². The van der Waals surface area contributed by atoms with Crippen molar-refractivity contribution in [2.75, 3.05) is 33.8 Å². The molecule has 1 amide bonds. The van der Waals surface area contributed by atoms with Gasteiger partial charge in [-0.3, -0.25) is 14.5 Å². The molecule has 6 nitrogen and oxygen atoms in total. The average Bonchev–Trinajstić information content (AvgIpc) is 3.30. The highest BCUT2D eigenvalue weighted by molar-refractivity contribution is 5.80. The maximum atomic E-state index is 12.0. The van der Waals surface area contributed by atoms with Crippen molar-refractivity contribution >= 4 is 11.9 Å². The number of piperidine rings is 1. The summed E-state index contributed by atoms with van der Waals surface area (Å²) in [7, 11) is 3.12. The van der Waals surface area contributed by atoms with Gasteiger partial charge in [0.1, 0.15) is 6.04 Å². The molecule has 1 N–H and O–H groups in total. The molecule has 1 saturated carbocycles. The summed E-state index contributed by atoms with van der Waals surface area (Å²) in [5.41, 5.74) is 0. The van der Waals surface area contributed by atoms with Crippen molar-refractivity contribution in [2.24, 2.45) is 0 Å². The van der Waals surface area contributed by atoms with Crippen molar-refractivity contribution in [1.82, 2.24) is 15.1 Å². The Hall–Kier alpha value is -1.14. The number of esters is 1. The molecule has 1 atom stereocenters. The molecule has 0 aromatic rings. The number of ether oxygens (including phenoxy) is 1. The topological polar surface area (TPSA) is 61.9 Å². The number of nitrogens with zero attached hydrogens (tertiary/aromatic N) is 2. The second-order valence-corrected chi connectivity index (χ2v) is 6.22. The number of carbonyl (C=O) groups excluding carboxylic acids is 2. The van der Waals surface area contributed by atoms with Crippen LogP contribution in [-0.4, -0.2) is 73.6 Å². The zero-order valence-corrected chi connectivity index (χ0v) is 13.3. The third kappa shape index (κ3) is 4.68. The maximum absolute atomic E-state index is 12.0. The van der Waals surface area contributed by atoms with E-state index in [-0.39, 0.29) is 24.5 Å². The van der Waals surface area contributed by atoms with Gasteiger partial charge in [-0.15, -0.1) is 0 Å². The molecular formula is C15H27N3O3. The first kappa shape index (κ1) is 16.2. The van der Waals surface area contributed by atoms with Crippen molar-refractivity contribution in [3.05, 3.63) is 0 Å². The van der Waals surface area contributed by atoms with Gasteiger partial charge in [0.15, 0.2) is 0 Å². The van der Waals surface area contributed by atoms with E-state index < -0.39 is 6.04 Å². The van der Waals surface area contributed by atoms with Gasteiger partial charge < -0.3 is 15.0 Å². The molecule has 1 aliphatic carbocycles. The van der Waals surface area contributed by atoms with Gasteiger partial charge in [0.05, 0.1) is 13.7 Å². The Labute approximate surface area is 126 Å². The van der Waals surface area contributed by atoms with Crippen molar-refractivity contribution in [3.8, 4) is 0 Å². The minimum absolute atomic E-state index is 0.0156. The summed E-state index contributed by atoms with van der Waals surface area (Å²) in [6, 6.07) is 0.681. The van der Waals surface area contributed by atoms with E-state index in [0.717, 1.165) is 32.0 Å². The van der Waals surface area contributed by atoms with Crippen LogP contribution in [0.2, 0.25) is 0 Å². The Balaban J connectivity index is 1.68. The summed E-state index contributed by atoms with van der Waals surface area (Å²) in [6.07, 6.45) is 4.73. The number of nitrogens with one attached hydrogen (secondary N) is 1. The molecule has 0 radical (unpaired) electrons. The number of likely N-dealkylation sites (tertiary alicyclic amines) is 1. The number of amides is 1. The number of methoxy groups -OCH3 is 1. The lowest BCUT2D eigenvalue weighted by Gasteiger charge is -2.32. The minimum Gasteiger partial charge on any atom is -0.468 e. The zero-order valence-electron chi connectivity index (χ0n) is 13.3. The molecule has 1 saturated heterocycles. The molecule has 1 heterocycles. The first-order valence-electron chi connectivity index (χ1n) is 7.82. The third-order valence-corrected chi connectivity index (χ3v) is 4.55. The Bertz CT molecular complexity index is 376. The Morgan fingerprint density at radius 1 is 1.29 bits per heavy atom. The number of hydrogen-bond donors (Lipinski definition) is 1. The zero-order chi connectivity index (χ0) is 15.4. The Morgan fingerprint density at radius 3 is 2.43 bits per heavy atom. The van der Waals surface area contributed by atoms with Gasteiger partial charge >= 0.3 is 5.97 Å². The Morgan fingerprint density at radius 2 is 1.90 bits per heavy atom. The summed E-state index contributed by atoms with van der Waals surface area (Å²) in [5, 5.41) is 3.08. The first-order valence-corrected chi connectivity index (χ1v) is 7.82. The van der Waals surface area contributed by atoms with Crippen LogP contribution in [0.4, 0.5) is 0 Å². The average molecular weight is 297 g/mol. The standard InChI is InChI=1S/C15H27N3O3/c1-11(15(20)21-3)17(2)10-14(19)16-12-6-8-18(9-7-12)13-4-5-13/h11-13H,4-10H2,1-3H3,(H,16,19)/t11-/m1/s1. The molecule has 2 aliphatic rings. The lowest BCUT2D eigenvalue weighted by atomic mass is 10.0. The van der Waals surface area contributed by atoms with Crippen LogP contribution in [0.15, 0.2) is 0 Å². The fourth-order valence-electron chi connectivity index (χ4n) is 2.84. The maximum Gasteiger partial charge on any atom is 0.322 e. The summed E-state index contributed by atoms with van der Waals surface area (Å²) in [6.45, 7) is 4.14. The van der Waals surface area contributed by atoms with Gasteiger partial charge in [-0.2, -0.15) is 0 Å². The highest BCUT2D eigenvalue weighted by Gasteiger charge is 2.32. The fourth-order valence-corrected chi connectivity index (χ4v) is 2.84. The highest BCUT2D eigenvalue weighted by atomic mass is 16.5. The molecule has 21 heavy (non-hydrogen) atoms. The molecule has 0 unspecified atom stereocenters. The van der Waals surface area contributed by atoms with E-state index in [4.69, 9.17) is 0 Å². The summed E-state index contributed by atoms with van der Waals surface area (Å²) >= 11 is 0. The predicted octanol–water partition coefficient (Wildman–Crippen LogP) is 0.223. The van der Waals surface area contributed by atoms with Gasteiger partial charge in [0, 0.05) is 25.2 Å². The van der Waals surface area contributed by atoms with Crippen LogP contribution in [0, 0.1) is 0 Å². The van der Waals surface area contributed by atoms with E-state index in [1.807, 2.05) is 0 Å². The Kier molecular flexibility index (Phi) is 5.58. The normalized spacial score (nSPS) is 22.1. The second kappa shape index (κ2) is 7.22. The fraction of sp³-hybridized carbons (Fsp3) is 0.867. The number of likely N-dealkylation sites (N-methyl/N-ethyl adjacent to an activating group) is 1. The van der Waals surface area contributed by atoms with Gasteiger partial charge in [-0.1, -0.05) is 0 Å². The van der Waals surface area contributed by atoms with E-state index in [1.165, 1.54) is 20.0 Å². The van der Waals surface area contributed by atoms with Gasteiger partial charge in [-0.25, -0.2) is 0 Å². The quantitative estimate of drug-likeness (QED) is 0.711. The van der Waals surface area contributed by atoms with Crippen LogP contribution in [-0.2, 0) is 14.3 Å². The van der Waals surface area contributed by atoms with Crippen LogP contribution in [0.1, 0.15) is 32.6 Å². The van der Waals surface area contributed by atoms with Gasteiger partial charge in [0.25, 0.3) is 0 Å². The molecule has 2 rings (SSSR count). The summed E-state index contributed by atoms with van der Waals surface area (Å²) < 4.78 is 4.69. The number of carbonyl (C=O) groups is 2. The summed E-state index contributed by atoms with van der Waals surface area (Å²) in [4.78, 5) is 27.7. The van der Waals surface area contributed by atoms with Crippen LogP contribution in [0.5, 0.6) is 0 Å². The van der Waals surface area contributed by atoms with E-state index >= 15 is 0 Å². The lowest BCUT2D eigenvalue weighted by Crippen LogP contribution is -2.49. The van der Waals surface area contributed by atoms with Crippen LogP contribution < -0.4 is 5.32 Å². The molecule has 0 spiro atoms. The van der Waals surface area contributed by atoms with Crippen molar-refractivity contribution in [1.29, 1.82) is 0 Å².